The van der Waals surface area contributed by atoms with Crippen molar-refractivity contribution in [1.29, 1.82) is 0 Å². The van der Waals surface area contributed by atoms with E-state index in [1.807, 2.05) is 0 Å². The molecule has 0 radical (unpaired) electrons. The minimum atomic E-state index is -1.76. The molecule has 0 bridgehead atoms. The van der Waals surface area contributed by atoms with Crippen LogP contribution >= 0.6 is 0 Å². The van der Waals surface area contributed by atoms with Gasteiger partial charge in [-0.2, -0.15) is 0 Å². The number of nitrogens with one attached hydrogen (secondary N) is 1. The Morgan fingerprint density at radius 3 is 2.10 bits per heavy atom. The smallest absolute Gasteiger partial charge is 0.320 e. The lowest BCUT2D eigenvalue weighted by Gasteiger charge is -2.46. The minimum Gasteiger partial charge on any atom is -0.480 e. The van der Waals surface area contributed by atoms with E-state index in [0.717, 1.165) is 12.8 Å². The highest BCUT2D eigenvalue weighted by Crippen LogP contribution is 2.34. The van der Waals surface area contributed by atoms with Crippen LogP contribution in [0.25, 0.3) is 0 Å². The largest absolute Gasteiger partial charge is 0.480 e. The third-order valence-corrected chi connectivity index (χ3v) is 5.93. The number of hydrogen-bond donors (Lipinski definition) is 9. The zero-order chi connectivity index (χ0) is 22.9. The van der Waals surface area contributed by atoms with Crippen molar-refractivity contribution in [2.24, 2.45) is 5.92 Å². The van der Waals surface area contributed by atoms with Crippen molar-refractivity contribution in [1.82, 2.24) is 5.32 Å². The van der Waals surface area contributed by atoms with E-state index in [-0.39, 0.29) is 5.92 Å². The van der Waals surface area contributed by atoms with Gasteiger partial charge >= 0.3 is 5.97 Å². The Morgan fingerprint density at radius 1 is 0.903 bits per heavy atom. The first-order valence-electron chi connectivity index (χ1n) is 10.2. The molecule has 9 N–H and O–H groups in total. The Morgan fingerprint density at radius 2 is 1.55 bits per heavy atom. The maximum Gasteiger partial charge on any atom is 0.320 e. The summed E-state index contributed by atoms with van der Waals surface area (Å²) in [4.78, 5) is 11.5. The predicted molar refractivity (Wildman–Crippen MR) is 98.3 cm³/mol. The van der Waals surface area contributed by atoms with Crippen molar-refractivity contribution in [2.75, 3.05) is 13.2 Å². The second-order valence-corrected chi connectivity index (χ2v) is 8.29. The highest BCUT2D eigenvalue weighted by atomic mass is 16.7. The van der Waals surface area contributed by atoms with Gasteiger partial charge in [0.25, 0.3) is 0 Å². The van der Waals surface area contributed by atoms with Crippen molar-refractivity contribution < 1.29 is 59.9 Å². The van der Waals surface area contributed by atoms with Crippen LogP contribution in [0.1, 0.15) is 19.3 Å². The first-order valence-corrected chi connectivity index (χ1v) is 10.2. The highest BCUT2D eigenvalue weighted by molar-refractivity contribution is 5.73. The van der Waals surface area contributed by atoms with Crippen LogP contribution in [0.3, 0.4) is 0 Å². The van der Waals surface area contributed by atoms with Gasteiger partial charge in [-0.15, -0.1) is 0 Å². The summed E-state index contributed by atoms with van der Waals surface area (Å²) in [6, 6.07) is -1.03. The fraction of sp³-hybridized carbons (Fsp3) is 0.944. The maximum atomic E-state index is 11.5. The van der Waals surface area contributed by atoms with Crippen molar-refractivity contribution >= 4 is 5.97 Å². The lowest BCUT2D eigenvalue weighted by Crippen LogP contribution is -2.67. The molecule has 0 aromatic heterocycles. The van der Waals surface area contributed by atoms with Gasteiger partial charge in [-0.25, -0.2) is 0 Å². The van der Waals surface area contributed by atoms with Gasteiger partial charge in [0, 0.05) is 0 Å². The van der Waals surface area contributed by atoms with Crippen LogP contribution in [-0.2, 0) is 19.0 Å². The molecule has 3 rings (SSSR count). The van der Waals surface area contributed by atoms with Crippen LogP contribution in [0.15, 0.2) is 0 Å². The fourth-order valence-electron chi connectivity index (χ4n) is 3.85. The topological polar surface area (TPSA) is 219 Å². The number of aliphatic hydroxyl groups is 7. The molecule has 180 valence electrons. The lowest BCUT2D eigenvalue weighted by atomic mass is 9.96. The molecular formula is C18H31NO12. The van der Waals surface area contributed by atoms with Crippen LogP contribution in [-0.4, -0.2) is 127 Å². The third-order valence-electron chi connectivity index (χ3n) is 5.93. The number of carboxylic acid groups (broad SMARTS) is 1. The summed E-state index contributed by atoms with van der Waals surface area (Å²) in [5.41, 5.74) is 0. The number of carbonyl (C=O) groups is 1. The second-order valence-electron chi connectivity index (χ2n) is 8.29. The molecule has 13 heteroatoms. The molecule has 1 aliphatic carbocycles. The molecular weight excluding hydrogens is 422 g/mol. The summed E-state index contributed by atoms with van der Waals surface area (Å²) in [6.07, 6.45) is -13.2. The molecule has 0 aromatic carbocycles. The monoisotopic (exact) mass is 453 g/mol. The number of carboxylic acids is 1. The van der Waals surface area contributed by atoms with Crippen molar-refractivity contribution in [3.63, 3.8) is 0 Å². The van der Waals surface area contributed by atoms with E-state index in [1.165, 1.54) is 0 Å². The molecule has 13 nitrogen and oxygen atoms in total. The molecule has 2 saturated heterocycles. The number of hydrogen-bond acceptors (Lipinski definition) is 12. The lowest BCUT2D eigenvalue weighted by molar-refractivity contribution is -0.343. The van der Waals surface area contributed by atoms with Gasteiger partial charge in [0.15, 0.2) is 6.29 Å². The van der Waals surface area contributed by atoms with E-state index in [1.54, 1.807) is 0 Å². The zero-order valence-corrected chi connectivity index (χ0v) is 16.7. The Kier molecular flexibility index (Phi) is 8.21. The van der Waals surface area contributed by atoms with Crippen LogP contribution in [0, 0.1) is 5.92 Å². The Hall–Kier alpha value is -0.970. The Labute approximate surface area is 177 Å². The third kappa shape index (κ3) is 5.51. The molecule has 31 heavy (non-hydrogen) atoms. The van der Waals surface area contributed by atoms with Gasteiger partial charge in [-0.05, 0) is 12.3 Å². The number of rotatable bonds is 9. The van der Waals surface area contributed by atoms with Gasteiger partial charge in [-0.1, -0.05) is 12.8 Å². The summed E-state index contributed by atoms with van der Waals surface area (Å²) in [5.74, 6) is -0.882. The molecule has 2 aliphatic heterocycles. The molecule has 11 unspecified atom stereocenters. The van der Waals surface area contributed by atoms with Crippen LogP contribution in [0.5, 0.6) is 0 Å². The first kappa shape index (κ1) is 24.7. The normalized spacial score (nSPS) is 44.7. The Bertz CT molecular complexity index is 602. The summed E-state index contributed by atoms with van der Waals surface area (Å²) < 4.78 is 16.2. The number of aliphatic carboxylic acids is 1. The van der Waals surface area contributed by atoms with Crippen molar-refractivity contribution in [3.8, 4) is 0 Å². The van der Waals surface area contributed by atoms with Crippen LogP contribution in [0.2, 0.25) is 0 Å². The molecule has 0 amide bonds. The molecule has 11 atom stereocenters. The molecule has 2 heterocycles. The van der Waals surface area contributed by atoms with Crippen LogP contribution in [0.4, 0.5) is 0 Å². The quantitative estimate of drug-likeness (QED) is 0.161. The first-order chi connectivity index (χ1) is 14.7. The molecule has 0 aromatic rings. The number of ether oxygens (including phenoxy) is 3. The average molecular weight is 453 g/mol. The van der Waals surface area contributed by atoms with Crippen LogP contribution < -0.4 is 5.32 Å². The maximum absolute atomic E-state index is 11.5. The van der Waals surface area contributed by atoms with Gasteiger partial charge < -0.3 is 55.1 Å². The summed E-state index contributed by atoms with van der Waals surface area (Å²) in [6.45, 7) is -1.38. The van der Waals surface area contributed by atoms with E-state index in [4.69, 9.17) is 14.2 Å². The van der Waals surface area contributed by atoms with Gasteiger partial charge in [0.05, 0.1) is 13.2 Å². The number of aliphatic hydroxyl groups excluding tert-OH is 7. The fourth-order valence-corrected chi connectivity index (χ4v) is 3.85. The Balaban J connectivity index is 1.68. The standard InChI is InChI=1S/C18H31NO12/c20-4-8-10(22)11(23)14(26)18(30-8)31-15-9(5-21)29-16(13(25)12(15)24)19-7(17(27)28)3-6-1-2-6/h6-16,18-26H,1-5H2,(H,27,28). The zero-order valence-electron chi connectivity index (χ0n) is 16.7. The summed E-state index contributed by atoms with van der Waals surface area (Å²) >= 11 is 0. The van der Waals surface area contributed by atoms with Crippen molar-refractivity contribution in [3.05, 3.63) is 0 Å². The average Bonchev–Trinajstić information content (AvgIpc) is 3.56. The highest BCUT2D eigenvalue weighted by Gasteiger charge is 2.51. The van der Waals surface area contributed by atoms with E-state index < -0.39 is 86.6 Å². The van der Waals surface area contributed by atoms with E-state index in [9.17, 15) is 45.6 Å². The molecule has 1 saturated carbocycles. The molecule has 3 aliphatic rings. The van der Waals surface area contributed by atoms with Gasteiger partial charge in [0.1, 0.15) is 61.1 Å². The van der Waals surface area contributed by atoms with Gasteiger partial charge in [0.2, 0.25) is 0 Å². The SMILES string of the molecule is O=C(O)C(CC1CC1)NC1OC(CO)C(OC2OC(CO)C(O)C(O)C2O)C(O)C1O. The summed E-state index contributed by atoms with van der Waals surface area (Å²) in [5, 5.41) is 81.9. The van der Waals surface area contributed by atoms with Gasteiger partial charge in [-0.3, -0.25) is 10.1 Å². The summed E-state index contributed by atoms with van der Waals surface area (Å²) in [7, 11) is 0. The predicted octanol–water partition coefficient (Wildman–Crippen LogP) is -4.55. The van der Waals surface area contributed by atoms with Crippen molar-refractivity contribution in [2.45, 2.75) is 86.7 Å². The van der Waals surface area contributed by atoms with E-state index in [2.05, 4.69) is 5.32 Å². The second kappa shape index (κ2) is 10.3. The molecule has 0 spiro atoms. The molecule has 3 fully saturated rings. The minimum absolute atomic E-state index is 0.259. The van der Waals surface area contributed by atoms with E-state index >= 15 is 0 Å². The van der Waals surface area contributed by atoms with E-state index in [0.29, 0.717) is 6.42 Å².